The Morgan fingerprint density at radius 2 is 1.89 bits per heavy atom. The van der Waals surface area contributed by atoms with E-state index in [1.807, 2.05) is 0 Å². The van der Waals surface area contributed by atoms with Crippen molar-refractivity contribution in [2.24, 2.45) is 17.4 Å². The number of rotatable bonds is 2. The fourth-order valence-corrected chi connectivity index (χ4v) is 0.0781. The molecule has 6 heteroatoms. The Labute approximate surface area is 52.2 Å². The lowest BCUT2D eigenvalue weighted by Crippen LogP contribution is -2.33. The first-order valence-electron chi connectivity index (χ1n) is 2.11. The summed E-state index contributed by atoms with van der Waals surface area (Å²) in [7, 11) is 0. The molecule has 56 valence electrons. The molecule has 0 aliphatic rings. The van der Waals surface area contributed by atoms with Crippen molar-refractivity contribution in [3.05, 3.63) is 0 Å². The Morgan fingerprint density at radius 1 is 1.56 bits per heavy atom. The maximum Gasteiger partial charge on any atom is 0.322 e. The van der Waals surface area contributed by atoms with Gasteiger partial charge in [0.25, 0.3) is 0 Å². The van der Waals surface area contributed by atoms with Crippen molar-refractivity contribution < 1.29 is 15.0 Å². The molecule has 0 saturated carbocycles. The number of nitrogens with two attached hydrogens (primary N) is 3. The van der Waals surface area contributed by atoms with E-state index in [4.69, 9.17) is 15.9 Å². The highest BCUT2D eigenvalue weighted by Crippen LogP contribution is 1.71. The van der Waals surface area contributed by atoms with E-state index in [1.54, 1.807) is 0 Å². The zero-order valence-corrected chi connectivity index (χ0v) is 4.82. The van der Waals surface area contributed by atoms with Gasteiger partial charge in [0, 0.05) is 0 Å². The Bertz CT molecular complexity index is 76.7. The standard InChI is InChI=1S/C3H7NO3.H4N2/c4-2(1-5)3(6)7;1-2/h2,5H,1,4H2,(H,6,7);1-2H2. The van der Waals surface area contributed by atoms with E-state index in [9.17, 15) is 4.79 Å². The number of aliphatic carboxylic acids is 1. The lowest BCUT2D eigenvalue weighted by molar-refractivity contribution is -0.139. The highest BCUT2D eigenvalue weighted by molar-refractivity contribution is 5.73. The maximum atomic E-state index is 9.65. The van der Waals surface area contributed by atoms with E-state index in [0.717, 1.165) is 0 Å². The van der Waals surface area contributed by atoms with Crippen LogP contribution in [0.2, 0.25) is 0 Å². The van der Waals surface area contributed by atoms with Gasteiger partial charge >= 0.3 is 5.97 Å². The zero-order valence-electron chi connectivity index (χ0n) is 4.82. The molecule has 0 saturated heterocycles. The van der Waals surface area contributed by atoms with Crippen LogP contribution >= 0.6 is 0 Å². The quantitative estimate of drug-likeness (QED) is 0.206. The van der Waals surface area contributed by atoms with Gasteiger partial charge in [-0.1, -0.05) is 0 Å². The molecule has 0 aromatic carbocycles. The van der Waals surface area contributed by atoms with Crippen LogP contribution in [-0.4, -0.2) is 28.8 Å². The van der Waals surface area contributed by atoms with Crippen molar-refractivity contribution >= 4 is 5.97 Å². The summed E-state index contributed by atoms with van der Waals surface area (Å²) in [4.78, 5) is 9.65. The Hall–Kier alpha value is -0.690. The predicted molar refractivity (Wildman–Crippen MR) is 31.1 cm³/mol. The lowest BCUT2D eigenvalue weighted by Gasteiger charge is -1.96. The van der Waals surface area contributed by atoms with Crippen molar-refractivity contribution in [1.29, 1.82) is 0 Å². The molecule has 1 atom stereocenters. The van der Waals surface area contributed by atoms with Gasteiger partial charge in [0.1, 0.15) is 6.04 Å². The van der Waals surface area contributed by atoms with E-state index in [-0.39, 0.29) is 0 Å². The van der Waals surface area contributed by atoms with E-state index < -0.39 is 18.6 Å². The van der Waals surface area contributed by atoms with Crippen molar-refractivity contribution in [1.82, 2.24) is 0 Å². The van der Waals surface area contributed by atoms with Crippen LogP contribution in [0.5, 0.6) is 0 Å². The van der Waals surface area contributed by atoms with Crippen LogP contribution in [0.1, 0.15) is 0 Å². The fraction of sp³-hybridized carbons (Fsp3) is 0.667. The van der Waals surface area contributed by atoms with Crippen LogP contribution in [0.25, 0.3) is 0 Å². The average molecular weight is 137 g/mol. The minimum atomic E-state index is -1.18. The first-order valence-corrected chi connectivity index (χ1v) is 2.11. The molecule has 0 spiro atoms. The SMILES string of the molecule is NC(CO)C(=O)O.NN. The molecular formula is C3H11N3O3. The van der Waals surface area contributed by atoms with Gasteiger partial charge in [-0.05, 0) is 0 Å². The molecule has 0 aliphatic carbocycles. The smallest absolute Gasteiger partial charge is 0.322 e. The molecule has 0 aliphatic heterocycles. The van der Waals surface area contributed by atoms with E-state index in [1.165, 1.54) is 0 Å². The Morgan fingerprint density at radius 3 is 1.89 bits per heavy atom. The molecule has 0 heterocycles. The minimum Gasteiger partial charge on any atom is -0.480 e. The zero-order chi connectivity index (χ0) is 7.86. The molecule has 0 rings (SSSR count). The number of aliphatic hydroxyl groups is 1. The number of hydrogen-bond donors (Lipinski definition) is 5. The topological polar surface area (TPSA) is 136 Å². The van der Waals surface area contributed by atoms with Gasteiger partial charge in [0.15, 0.2) is 0 Å². The second-order valence-electron chi connectivity index (χ2n) is 1.13. The fourth-order valence-electron chi connectivity index (χ4n) is 0.0781. The summed E-state index contributed by atoms with van der Waals surface area (Å²) in [5.74, 6) is 6.82. The molecule has 0 bridgehead atoms. The number of carboxylic acid groups (broad SMARTS) is 1. The van der Waals surface area contributed by atoms with E-state index in [2.05, 4.69) is 11.7 Å². The van der Waals surface area contributed by atoms with Crippen molar-refractivity contribution in [2.75, 3.05) is 6.61 Å². The monoisotopic (exact) mass is 137 g/mol. The molecule has 0 fully saturated rings. The third-order valence-corrected chi connectivity index (χ3v) is 0.514. The second kappa shape index (κ2) is 7.31. The Balaban J connectivity index is 0. The van der Waals surface area contributed by atoms with Gasteiger partial charge in [-0.25, -0.2) is 0 Å². The largest absolute Gasteiger partial charge is 0.480 e. The molecule has 0 aromatic rings. The van der Waals surface area contributed by atoms with Crippen molar-refractivity contribution in [2.45, 2.75) is 6.04 Å². The van der Waals surface area contributed by atoms with Gasteiger partial charge in [0.2, 0.25) is 0 Å². The molecule has 6 nitrogen and oxygen atoms in total. The molecule has 9 heavy (non-hydrogen) atoms. The van der Waals surface area contributed by atoms with Gasteiger partial charge in [0.05, 0.1) is 6.61 Å². The highest BCUT2D eigenvalue weighted by Gasteiger charge is 2.06. The highest BCUT2D eigenvalue weighted by atomic mass is 16.4. The summed E-state index contributed by atoms with van der Waals surface area (Å²) in [6, 6.07) is -1.13. The molecule has 0 radical (unpaired) electrons. The summed E-state index contributed by atoms with van der Waals surface area (Å²) in [6.45, 7) is -0.505. The van der Waals surface area contributed by atoms with Crippen LogP contribution in [0.4, 0.5) is 0 Å². The van der Waals surface area contributed by atoms with Crippen LogP contribution in [0, 0.1) is 0 Å². The number of hydrazine groups is 1. The van der Waals surface area contributed by atoms with Gasteiger partial charge < -0.3 is 15.9 Å². The van der Waals surface area contributed by atoms with Gasteiger partial charge in [-0.3, -0.25) is 16.5 Å². The Kier molecular flexibility index (Phi) is 9.06. The molecule has 0 amide bonds. The molecule has 0 aromatic heterocycles. The van der Waals surface area contributed by atoms with Gasteiger partial charge in [-0.15, -0.1) is 0 Å². The van der Waals surface area contributed by atoms with Gasteiger partial charge in [-0.2, -0.15) is 0 Å². The van der Waals surface area contributed by atoms with Crippen molar-refractivity contribution in [3.63, 3.8) is 0 Å². The normalized spacial score (nSPS) is 11.1. The summed E-state index contributed by atoms with van der Waals surface area (Å²) < 4.78 is 0. The van der Waals surface area contributed by atoms with Crippen molar-refractivity contribution in [3.8, 4) is 0 Å². The van der Waals surface area contributed by atoms with Crippen LogP contribution in [0.3, 0.4) is 0 Å². The average Bonchev–Trinajstić information content (AvgIpc) is 1.91. The van der Waals surface area contributed by atoms with E-state index >= 15 is 0 Å². The first kappa shape index (κ1) is 11.2. The molecule has 1 unspecified atom stereocenters. The number of carboxylic acids is 1. The van der Waals surface area contributed by atoms with E-state index in [0.29, 0.717) is 0 Å². The summed E-state index contributed by atoms with van der Waals surface area (Å²) in [6.07, 6.45) is 0. The number of hydrogen-bond acceptors (Lipinski definition) is 5. The lowest BCUT2D eigenvalue weighted by atomic mass is 10.3. The minimum absolute atomic E-state index is 0.505. The third-order valence-electron chi connectivity index (χ3n) is 0.514. The molecular weight excluding hydrogens is 126 g/mol. The van der Waals surface area contributed by atoms with Crippen LogP contribution in [0.15, 0.2) is 0 Å². The number of aliphatic hydroxyl groups excluding tert-OH is 1. The maximum absolute atomic E-state index is 9.65. The summed E-state index contributed by atoms with van der Waals surface area (Å²) in [5, 5.41) is 15.9. The predicted octanol–water partition coefficient (Wildman–Crippen LogP) is -2.79. The summed E-state index contributed by atoms with van der Waals surface area (Å²) in [5.41, 5.74) is 4.77. The van der Waals surface area contributed by atoms with Crippen LogP contribution in [-0.2, 0) is 4.79 Å². The number of carbonyl (C=O) groups is 1. The molecule has 8 N–H and O–H groups in total. The summed E-state index contributed by atoms with van der Waals surface area (Å²) >= 11 is 0. The third kappa shape index (κ3) is 7.31. The van der Waals surface area contributed by atoms with Crippen LogP contribution < -0.4 is 17.4 Å². The second-order valence-corrected chi connectivity index (χ2v) is 1.13. The first-order chi connectivity index (χ1) is 4.18.